The Morgan fingerprint density at radius 1 is 0.774 bits per heavy atom. The quantitative estimate of drug-likeness (QED) is 0.330. The van der Waals surface area contributed by atoms with Crippen molar-refractivity contribution >= 4 is 39.3 Å². The number of nitrogens with two attached hydrogens (primary N) is 1. The van der Waals surface area contributed by atoms with Gasteiger partial charge in [-0.05, 0) is 34.5 Å². The van der Waals surface area contributed by atoms with Gasteiger partial charge in [0.15, 0.2) is 0 Å². The molecule has 0 bridgehead atoms. The highest BCUT2D eigenvalue weighted by atomic mass is 32.2. The molecule has 0 unspecified atom stereocenters. The van der Waals surface area contributed by atoms with E-state index in [1.807, 2.05) is 36.4 Å². The van der Waals surface area contributed by atoms with Crippen molar-refractivity contribution in [1.82, 2.24) is 4.57 Å². The van der Waals surface area contributed by atoms with E-state index >= 15 is 0 Å². The van der Waals surface area contributed by atoms with Crippen LogP contribution in [-0.2, 0) is 12.3 Å². The molecule has 1 amide bonds. The summed E-state index contributed by atoms with van der Waals surface area (Å²) >= 11 is 1.72. The zero-order chi connectivity index (χ0) is 21.2. The van der Waals surface area contributed by atoms with Crippen LogP contribution in [0.1, 0.15) is 21.6 Å². The minimum absolute atomic E-state index is 0.378. The summed E-state index contributed by atoms with van der Waals surface area (Å²) in [6.45, 7) is 0.680. The molecule has 0 radical (unpaired) electrons. The summed E-state index contributed by atoms with van der Waals surface area (Å²) in [5, 5.41) is 3.36. The molecule has 31 heavy (non-hydrogen) atoms. The number of carbonyl (C=O) groups is 1. The van der Waals surface area contributed by atoms with Gasteiger partial charge < -0.3 is 10.3 Å². The van der Waals surface area contributed by atoms with E-state index in [0.29, 0.717) is 17.9 Å². The second-order valence-electron chi connectivity index (χ2n) is 7.53. The fourth-order valence-electron chi connectivity index (χ4n) is 4.23. The highest BCUT2D eigenvalue weighted by Crippen LogP contribution is 2.33. The van der Waals surface area contributed by atoms with E-state index in [0.717, 1.165) is 16.6 Å². The Labute approximate surface area is 185 Å². The average molecular weight is 423 g/mol. The maximum atomic E-state index is 12.5. The van der Waals surface area contributed by atoms with Crippen molar-refractivity contribution in [3.8, 4) is 0 Å². The molecular weight excluding hydrogens is 400 g/mol. The molecule has 1 heterocycles. The van der Waals surface area contributed by atoms with Gasteiger partial charge in [-0.3, -0.25) is 4.79 Å². The molecule has 2 N–H and O–H groups in total. The Kier molecular flexibility index (Phi) is 5.23. The van der Waals surface area contributed by atoms with Gasteiger partial charge in [0.1, 0.15) is 0 Å². The van der Waals surface area contributed by atoms with Crippen LogP contribution in [0.15, 0.2) is 102 Å². The van der Waals surface area contributed by atoms with Crippen LogP contribution in [0.25, 0.3) is 21.7 Å². The van der Waals surface area contributed by atoms with E-state index in [9.17, 15) is 4.79 Å². The number of carbonyl (C=O) groups excluding carboxylic acids is 1. The highest BCUT2D eigenvalue weighted by Gasteiger charge is 2.21. The molecule has 5 aromatic rings. The summed E-state index contributed by atoms with van der Waals surface area (Å²) in [6, 6.07) is 33.1. The van der Waals surface area contributed by atoms with Crippen molar-refractivity contribution in [2.75, 3.05) is 0 Å². The molecule has 152 valence electrons. The van der Waals surface area contributed by atoms with Crippen LogP contribution in [0.2, 0.25) is 0 Å². The number of para-hydroxylation sites is 1. The second kappa shape index (κ2) is 8.32. The molecule has 0 saturated heterocycles. The highest BCUT2D eigenvalue weighted by molar-refractivity contribution is 7.98. The predicted molar refractivity (Wildman–Crippen MR) is 130 cm³/mol. The fraction of sp³-hybridized carbons (Fsp3) is 0.0741. The molecule has 0 fully saturated rings. The van der Waals surface area contributed by atoms with Crippen LogP contribution in [-0.4, -0.2) is 10.5 Å². The summed E-state index contributed by atoms with van der Waals surface area (Å²) in [5.74, 6) is 0.290. The molecule has 4 aromatic carbocycles. The van der Waals surface area contributed by atoms with Crippen LogP contribution in [0.3, 0.4) is 0 Å². The van der Waals surface area contributed by atoms with Crippen molar-refractivity contribution in [1.29, 1.82) is 0 Å². The maximum Gasteiger partial charge on any atom is 0.251 e. The van der Waals surface area contributed by atoms with Gasteiger partial charge in [-0.1, -0.05) is 78.9 Å². The monoisotopic (exact) mass is 422 g/mol. The van der Waals surface area contributed by atoms with Gasteiger partial charge in [0.25, 0.3) is 5.91 Å². The van der Waals surface area contributed by atoms with Crippen LogP contribution in [0.4, 0.5) is 0 Å². The molecule has 0 aliphatic rings. The number of primary amides is 1. The van der Waals surface area contributed by atoms with E-state index in [2.05, 4.69) is 65.2 Å². The third-order valence-electron chi connectivity index (χ3n) is 5.65. The van der Waals surface area contributed by atoms with Crippen LogP contribution < -0.4 is 5.73 Å². The first-order chi connectivity index (χ1) is 15.2. The number of nitrogens with zero attached hydrogens (tertiary/aromatic N) is 1. The SMILES string of the molecule is NC(=O)c1c(CSc2ccccc2)n(Cc2cccc3ccccc23)c2ccccc12. The van der Waals surface area contributed by atoms with Gasteiger partial charge in [-0.25, -0.2) is 0 Å². The van der Waals surface area contributed by atoms with Crippen LogP contribution >= 0.6 is 11.8 Å². The molecular formula is C27H22N2OS. The van der Waals surface area contributed by atoms with Crippen molar-refractivity contribution in [2.45, 2.75) is 17.2 Å². The number of amides is 1. The molecule has 5 rings (SSSR count). The third-order valence-corrected chi connectivity index (χ3v) is 6.68. The Bertz CT molecular complexity index is 1380. The van der Waals surface area contributed by atoms with Gasteiger partial charge in [-0.15, -0.1) is 11.8 Å². The summed E-state index contributed by atoms with van der Waals surface area (Å²) in [7, 11) is 0. The lowest BCUT2D eigenvalue weighted by Crippen LogP contribution is -2.14. The molecule has 0 spiro atoms. The average Bonchev–Trinajstić information content (AvgIpc) is 3.12. The summed E-state index contributed by atoms with van der Waals surface area (Å²) < 4.78 is 2.26. The summed E-state index contributed by atoms with van der Waals surface area (Å²) in [5.41, 5.74) is 9.74. The molecule has 4 heteroatoms. The number of thioether (sulfide) groups is 1. The standard InChI is InChI=1S/C27H22N2OS/c28-27(30)26-23-15-6-7-16-24(23)29(25(26)18-31-21-12-2-1-3-13-21)17-20-11-8-10-19-9-4-5-14-22(19)20/h1-16H,17-18H2,(H2,28,30). The topological polar surface area (TPSA) is 48.0 Å². The van der Waals surface area contributed by atoms with Gasteiger partial charge >= 0.3 is 0 Å². The number of fused-ring (bicyclic) bond motifs is 2. The molecule has 0 aliphatic heterocycles. The lowest BCUT2D eigenvalue weighted by atomic mass is 10.0. The zero-order valence-corrected chi connectivity index (χ0v) is 17.8. The first-order valence-corrected chi connectivity index (χ1v) is 11.3. The summed E-state index contributed by atoms with van der Waals surface area (Å²) in [6.07, 6.45) is 0. The van der Waals surface area contributed by atoms with E-state index in [1.165, 1.54) is 21.2 Å². The number of benzene rings is 4. The maximum absolute atomic E-state index is 12.5. The normalized spacial score (nSPS) is 11.2. The summed E-state index contributed by atoms with van der Waals surface area (Å²) in [4.78, 5) is 13.7. The minimum atomic E-state index is -0.378. The number of rotatable bonds is 6. The van der Waals surface area contributed by atoms with Gasteiger partial charge in [-0.2, -0.15) is 0 Å². The van der Waals surface area contributed by atoms with Crippen LogP contribution in [0.5, 0.6) is 0 Å². The van der Waals surface area contributed by atoms with Gasteiger partial charge in [0.05, 0.1) is 5.56 Å². The fourth-order valence-corrected chi connectivity index (χ4v) is 5.18. The van der Waals surface area contributed by atoms with E-state index < -0.39 is 0 Å². The Balaban J connectivity index is 1.66. The third kappa shape index (κ3) is 3.71. The largest absolute Gasteiger partial charge is 0.366 e. The van der Waals surface area contributed by atoms with Crippen molar-refractivity contribution in [3.63, 3.8) is 0 Å². The molecule has 0 saturated carbocycles. The van der Waals surface area contributed by atoms with E-state index in [4.69, 9.17) is 5.73 Å². The lowest BCUT2D eigenvalue weighted by molar-refractivity contribution is 0.100. The molecule has 1 aromatic heterocycles. The van der Waals surface area contributed by atoms with Crippen molar-refractivity contribution < 1.29 is 4.79 Å². The smallest absolute Gasteiger partial charge is 0.251 e. The van der Waals surface area contributed by atoms with Gasteiger partial charge in [0, 0.05) is 33.8 Å². The molecule has 0 atom stereocenters. The number of hydrogen-bond acceptors (Lipinski definition) is 2. The first kappa shape index (κ1) is 19.5. The van der Waals surface area contributed by atoms with E-state index in [1.54, 1.807) is 11.8 Å². The number of hydrogen-bond donors (Lipinski definition) is 1. The van der Waals surface area contributed by atoms with Crippen molar-refractivity contribution in [3.05, 3.63) is 114 Å². The Morgan fingerprint density at radius 3 is 2.26 bits per heavy atom. The van der Waals surface area contributed by atoms with Gasteiger partial charge in [0.2, 0.25) is 0 Å². The zero-order valence-electron chi connectivity index (χ0n) is 17.0. The lowest BCUT2D eigenvalue weighted by Gasteiger charge is -2.14. The Morgan fingerprint density at radius 2 is 1.45 bits per heavy atom. The second-order valence-corrected chi connectivity index (χ2v) is 8.58. The molecule has 3 nitrogen and oxygen atoms in total. The molecule has 0 aliphatic carbocycles. The first-order valence-electron chi connectivity index (χ1n) is 10.3. The Hall–Kier alpha value is -3.50. The predicted octanol–water partition coefficient (Wildman–Crippen LogP) is 6.23. The minimum Gasteiger partial charge on any atom is -0.366 e. The number of aromatic nitrogens is 1. The van der Waals surface area contributed by atoms with E-state index in [-0.39, 0.29) is 5.91 Å². The van der Waals surface area contributed by atoms with Crippen molar-refractivity contribution in [2.24, 2.45) is 5.73 Å². The van der Waals surface area contributed by atoms with Crippen LogP contribution in [0, 0.1) is 0 Å².